The highest BCUT2D eigenvalue weighted by Crippen LogP contribution is 2.25. The van der Waals surface area contributed by atoms with Crippen molar-refractivity contribution in [2.75, 3.05) is 7.11 Å². The summed E-state index contributed by atoms with van der Waals surface area (Å²) < 4.78 is 15.4. The van der Waals surface area contributed by atoms with Gasteiger partial charge in [-0.25, -0.2) is 0 Å². The summed E-state index contributed by atoms with van der Waals surface area (Å²) in [4.78, 5) is 21.4. The van der Waals surface area contributed by atoms with Crippen molar-refractivity contribution in [2.45, 2.75) is 44.8 Å². The second kappa shape index (κ2) is 5.18. The summed E-state index contributed by atoms with van der Waals surface area (Å²) in [5.74, 6) is -0.444. The third-order valence-corrected chi connectivity index (χ3v) is 2.34. The molecule has 6 nitrogen and oxygen atoms in total. The second-order valence-electron chi connectivity index (χ2n) is 3.49. The largest absolute Gasteiger partial charge is 0.457 e. The van der Waals surface area contributed by atoms with E-state index in [-0.39, 0.29) is 0 Å². The predicted octanol–water partition coefficient (Wildman–Crippen LogP) is 0.834. The van der Waals surface area contributed by atoms with E-state index < -0.39 is 30.5 Å². The van der Waals surface area contributed by atoms with Crippen LogP contribution in [0.25, 0.3) is 0 Å². The number of carbonyl (C=O) groups excluding carboxylic acids is 1. The summed E-state index contributed by atoms with van der Waals surface area (Å²) in [6.45, 7) is 3.01. The summed E-state index contributed by atoms with van der Waals surface area (Å²) in [6.07, 6.45) is -1.17. The zero-order chi connectivity index (χ0) is 11.4. The summed E-state index contributed by atoms with van der Waals surface area (Å²) >= 11 is 0. The molecule has 0 aromatic carbocycles. The van der Waals surface area contributed by atoms with Gasteiger partial charge in [0.25, 0.3) is 0 Å². The van der Waals surface area contributed by atoms with E-state index in [4.69, 9.17) is 14.2 Å². The predicted molar refractivity (Wildman–Crippen MR) is 51.1 cm³/mol. The Labute approximate surface area is 87.8 Å². The first-order valence-corrected chi connectivity index (χ1v) is 4.76. The first kappa shape index (κ1) is 12.1. The van der Waals surface area contributed by atoms with E-state index >= 15 is 0 Å². The summed E-state index contributed by atoms with van der Waals surface area (Å²) in [5, 5.41) is 2.94. The molecule has 0 N–H and O–H groups in total. The van der Waals surface area contributed by atoms with Gasteiger partial charge in [0.05, 0.1) is 6.10 Å². The Morgan fingerprint density at radius 1 is 1.53 bits per heavy atom. The molecule has 4 atom stereocenters. The summed E-state index contributed by atoms with van der Waals surface area (Å²) in [7, 11) is 1.49. The van der Waals surface area contributed by atoms with Gasteiger partial charge in [0.1, 0.15) is 6.04 Å². The molecule has 0 radical (unpaired) electrons. The van der Waals surface area contributed by atoms with Gasteiger partial charge >= 0.3 is 5.97 Å². The lowest BCUT2D eigenvalue weighted by Crippen LogP contribution is -2.48. The number of ether oxygens (including phenoxy) is 3. The maximum Gasteiger partial charge on any atom is 0.303 e. The lowest BCUT2D eigenvalue weighted by molar-refractivity contribution is -0.220. The smallest absolute Gasteiger partial charge is 0.303 e. The molecule has 0 aromatic rings. The Morgan fingerprint density at radius 3 is 2.67 bits per heavy atom. The maximum atomic E-state index is 10.8. The lowest BCUT2D eigenvalue weighted by atomic mass is 10.0. The van der Waals surface area contributed by atoms with Crippen molar-refractivity contribution in [3.8, 4) is 0 Å². The second-order valence-corrected chi connectivity index (χ2v) is 3.49. The standard InChI is InChI=1S/C9H15NO5/c1-5-9(15-6(2)11)7(10-12)4-8(13-3)14-5/h5,7-9H,4H2,1-3H3/t5-,7?,8?,9+/m0/s1. The first-order chi connectivity index (χ1) is 7.08. The van der Waals surface area contributed by atoms with Crippen molar-refractivity contribution in [1.29, 1.82) is 0 Å². The zero-order valence-corrected chi connectivity index (χ0v) is 9.00. The number of carbonyl (C=O) groups is 1. The topological polar surface area (TPSA) is 74.2 Å². The van der Waals surface area contributed by atoms with E-state index in [0.29, 0.717) is 6.42 Å². The fourth-order valence-electron chi connectivity index (χ4n) is 1.64. The normalized spacial score (nSPS) is 35.9. The molecule has 0 bridgehead atoms. The lowest BCUT2D eigenvalue weighted by Gasteiger charge is -2.35. The van der Waals surface area contributed by atoms with E-state index in [1.807, 2.05) is 0 Å². The van der Waals surface area contributed by atoms with Crippen molar-refractivity contribution in [3.63, 3.8) is 0 Å². The number of nitrogens with zero attached hydrogens (tertiary/aromatic N) is 1. The highest BCUT2D eigenvalue weighted by molar-refractivity contribution is 5.66. The highest BCUT2D eigenvalue weighted by atomic mass is 16.7. The van der Waals surface area contributed by atoms with Crippen LogP contribution in [0.4, 0.5) is 0 Å². The number of methoxy groups -OCH3 is 1. The van der Waals surface area contributed by atoms with E-state index in [1.54, 1.807) is 6.92 Å². The van der Waals surface area contributed by atoms with Crippen molar-refractivity contribution < 1.29 is 19.0 Å². The molecule has 1 saturated heterocycles. The van der Waals surface area contributed by atoms with Crippen molar-refractivity contribution in [1.82, 2.24) is 0 Å². The molecular formula is C9H15NO5. The summed E-state index contributed by atoms with van der Waals surface area (Å²) in [5.41, 5.74) is 0. The molecule has 0 aromatic heterocycles. The molecule has 1 fully saturated rings. The number of hydrogen-bond acceptors (Lipinski definition) is 6. The van der Waals surface area contributed by atoms with Crippen LogP contribution < -0.4 is 0 Å². The molecule has 6 heteroatoms. The molecule has 0 spiro atoms. The Hall–Kier alpha value is -1.01. The fraction of sp³-hybridized carbons (Fsp3) is 0.889. The van der Waals surface area contributed by atoms with Crippen molar-refractivity contribution in [2.24, 2.45) is 5.18 Å². The maximum absolute atomic E-state index is 10.8. The first-order valence-electron chi connectivity index (χ1n) is 4.76. The molecule has 0 aliphatic carbocycles. The summed E-state index contributed by atoms with van der Waals surface area (Å²) in [6, 6.07) is -0.609. The van der Waals surface area contributed by atoms with Crippen LogP contribution in [0.15, 0.2) is 5.18 Å². The minimum absolute atomic E-state index is 0.308. The number of rotatable bonds is 3. The van der Waals surface area contributed by atoms with Gasteiger partial charge in [-0.2, -0.15) is 4.91 Å². The average Bonchev–Trinajstić information content (AvgIpc) is 2.20. The Morgan fingerprint density at radius 2 is 2.20 bits per heavy atom. The van der Waals surface area contributed by atoms with Gasteiger partial charge in [0.15, 0.2) is 12.4 Å². The van der Waals surface area contributed by atoms with Gasteiger partial charge in [-0.05, 0) is 6.92 Å². The third kappa shape index (κ3) is 2.97. The number of nitroso groups, excluding NO2 is 1. The van der Waals surface area contributed by atoms with Crippen molar-refractivity contribution >= 4 is 5.97 Å². The van der Waals surface area contributed by atoms with E-state index in [0.717, 1.165) is 0 Å². The van der Waals surface area contributed by atoms with Gasteiger partial charge in [-0.1, -0.05) is 5.18 Å². The SMILES string of the molecule is COC1CC(N=O)[C@H](OC(C)=O)[C@H](C)O1. The average molecular weight is 217 g/mol. The molecule has 0 amide bonds. The van der Waals surface area contributed by atoms with Gasteiger partial charge in [0, 0.05) is 20.5 Å². The number of esters is 1. The molecule has 0 saturated carbocycles. The van der Waals surface area contributed by atoms with Crippen LogP contribution in [0.1, 0.15) is 20.3 Å². The molecular weight excluding hydrogens is 202 g/mol. The third-order valence-electron chi connectivity index (χ3n) is 2.34. The van der Waals surface area contributed by atoms with E-state index in [2.05, 4.69) is 5.18 Å². The molecule has 2 unspecified atom stereocenters. The Bertz CT molecular complexity index is 245. The van der Waals surface area contributed by atoms with Crippen LogP contribution in [0.5, 0.6) is 0 Å². The quantitative estimate of drug-likeness (QED) is 0.517. The molecule has 1 rings (SSSR count). The zero-order valence-electron chi connectivity index (χ0n) is 9.00. The van der Waals surface area contributed by atoms with Crippen LogP contribution in [0, 0.1) is 4.91 Å². The van der Waals surface area contributed by atoms with Gasteiger partial charge in [0.2, 0.25) is 0 Å². The monoisotopic (exact) mass is 217 g/mol. The van der Waals surface area contributed by atoms with Crippen LogP contribution in [0.2, 0.25) is 0 Å². The van der Waals surface area contributed by atoms with Crippen LogP contribution >= 0.6 is 0 Å². The van der Waals surface area contributed by atoms with Crippen LogP contribution in [-0.2, 0) is 19.0 Å². The van der Waals surface area contributed by atoms with Crippen LogP contribution in [0.3, 0.4) is 0 Å². The van der Waals surface area contributed by atoms with E-state index in [9.17, 15) is 9.70 Å². The van der Waals surface area contributed by atoms with Gasteiger partial charge < -0.3 is 14.2 Å². The molecule has 1 aliphatic rings. The minimum atomic E-state index is -0.619. The Balaban J connectivity index is 2.68. The fourth-order valence-corrected chi connectivity index (χ4v) is 1.64. The molecule has 1 heterocycles. The molecule has 15 heavy (non-hydrogen) atoms. The van der Waals surface area contributed by atoms with E-state index in [1.165, 1.54) is 14.0 Å². The molecule has 86 valence electrons. The molecule has 1 aliphatic heterocycles. The Kier molecular flexibility index (Phi) is 4.16. The minimum Gasteiger partial charge on any atom is -0.457 e. The van der Waals surface area contributed by atoms with Gasteiger partial charge in [-0.15, -0.1) is 0 Å². The number of hydrogen-bond donors (Lipinski definition) is 0. The van der Waals surface area contributed by atoms with Crippen LogP contribution in [-0.4, -0.2) is 37.6 Å². The van der Waals surface area contributed by atoms with Crippen molar-refractivity contribution in [3.05, 3.63) is 4.91 Å². The highest BCUT2D eigenvalue weighted by Gasteiger charge is 2.39. The van der Waals surface area contributed by atoms with Gasteiger partial charge in [-0.3, -0.25) is 4.79 Å².